The van der Waals surface area contributed by atoms with Gasteiger partial charge in [0, 0.05) is 12.1 Å². The van der Waals surface area contributed by atoms with Crippen LogP contribution >= 0.6 is 0 Å². The van der Waals surface area contributed by atoms with E-state index in [0.29, 0.717) is 5.57 Å². The quantitative estimate of drug-likeness (QED) is 0.871. The smallest absolute Gasteiger partial charge is 0.408 e. The second-order valence-corrected chi connectivity index (χ2v) is 6.48. The van der Waals surface area contributed by atoms with Gasteiger partial charge in [0.15, 0.2) is 11.6 Å². The molecule has 0 spiro atoms. The number of halogens is 2. The predicted octanol–water partition coefficient (Wildman–Crippen LogP) is 2.76. The normalized spacial score (nSPS) is 18.3. The number of alkyl carbamates (subject to hydrolysis) is 1. The van der Waals surface area contributed by atoms with E-state index in [9.17, 15) is 18.4 Å². The van der Waals surface area contributed by atoms with Crippen LogP contribution in [0.5, 0.6) is 0 Å². The number of carbonyl (C=O) groups excluding carboxylic acids is 2. The monoisotopic (exact) mass is 338 g/mol. The van der Waals surface area contributed by atoms with Gasteiger partial charge < -0.3 is 15.4 Å². The maximum Gasteiger partial charge on any atom is 0.408 e. The molecular formula is C17H20F2N2O3. The molecule has 0 aromatic heterocycles. The molecule has 0 saturated carbocycles. The lowest BCUT2D eigenvalue weighted by molar-refractivity contribution is -0.122. The minimum Gasteiger partial charge on any atom is -0.444 e. The molecule has 1 aromatic rings. The average Bonchev–Trinajstić information content (AvgIpc) is 2.63. The van der Waals surface area contributed by atoms with E-state index in [4.69, 9.17) is 4.74 Å². The largest absolute Gasteiger partial charge is 0.444 e. The Balaban J connectivity index is 2.13. The van der Waals surface area contributed by atoms with Gasteiger partial charge in [0.1, 0.15) is 11.6 Å². The van der Waals surface area contributed by atoms with E-state index >= 15 is 0 Å². The van der Waals surface area contributed by atoms with Gasteiger partial charge in [-0.1, -0.05) is 18.2 Å². The molecule has 1 aliphatic rings. The van der Waals surface area contributed by atoms with E-state index < -0.39 is 35.3 Å². The Hall–Kier alpha value is -2.44. The van der Waals surface area contributed by atoms with Crippen molar-refractivity contribution in [1.82, 2.24) is 10.6 Å². The first-order valence-electron chi connectivity index (χ1n) is 7.58. The third kappa shape index (κ3) is 4.53. The summed E-state index contributed by atoms with van der Waals surface area (Å²) in [6, 6.07) is 3.03. The van der Waals surface area contributed by atoms with Crippen molar-refractivity contribution in [2.24, 2.45) is 0 Å². The fourth-order valence-electron chi connectivity index (χ4n) is 2.28. The maximum atomic E-state index is 13.9. The molecule has 0 unspecified atom stereocenters. The molecule has 2 amide bonds. The lowest BCUT2D eigenvalue weighted by Crippen LogP contribution is -2.47. The highest BCUT2D eigenvalue weighted by molar-refractivity contribution is 5.88. The lowest BCUT2D eigenvalue weighted by Gasteiger charge is -2.22. The molecule has 0 bridgehead atoms. The minimum absolute atomic E-state index is 0.0473. The number of nitrogens with one attached hydrogen (secondary N) is 2. The van der Waals surface area contributed by atoms with E-state index in [1.54, 1.807) is 26.8 Å². The first-order chi connectivity index (χ1) is 11.2. The zero-order valence-electron chi connectivity index (χ0n) is 13.8. The van der Waals surface area contributed by atoms with Crippen molar-refractivity contribution in [1.29, 1.82) is 0 Å². The zero-order chi connectivity index (χ0) is 17.9. The topological polar surface area (TPSA) is 67.4 Å². The minimum atomic E-state index is -0.962. The average molecular weight is 338 g/mol. The molecule has 0 radical (unpaired) electrons. The predicted molar refractivity (Wildman–Crippen MR) is 85.1 cm³/mol. The van der Waals surface area contributed by atoms with E-state index in [0.717, 1.165) is 6.07 Å². The Labute approximate surface area is 139 Å². The van der Waals surface area contributed by atoms with Gasteiger partial charge in [-0.2, -0.15) is 0 Å². The molecule has 1 heterocycles. The summed E-state index contributed by atoms with van der Waals surface area (Å²) in [5.74, 6) is -2.33. The van der Waals surface area contributed by atoms with Crippen LogP contribution in [0.1, 0.15) is 32.8 Å². The van der Waals surface area contributed by atoms with Crippen LogP contribution in [0.2, 0.25) is 0 Å². The summed E-state index contributed by atoms with van der Waals surface area (Å²) < 4.78 is 32.4. The van der Waals surface area contributed by atoms with Gasteiger partial charge in [-0.15, -0.1) is 0 Å². The summed E-state index contributed by atoms with van der Waals surface area (Å²) in [5, 5.41) is 5.07. The molecule has 24 heavy (non-hydrogen) atoms. The Bertz CT molecular complexity index is 681. The van der Waals surface area contributed by atoms with Crippen molar-refractivity contribution in [2.45, 2.75) is 38.8 Å². The summed E-state index contributed by atoms with van der Waals surface area (Å²) in [7, 11) is 0. The van der Waals surface area contributed by atoms with Crippen molar-refractivity contribution in [3.63, 3.8) is 0 Å². The van der Waals surface area contributed by atoms with Crippen LogP contribution in [0, 0.1) is 11.6 Å². The number of hydrogen-bond acceptors (Lipinski definition) is 3. The number of hydrogen-bond donors (Lipinski definition) is 2. The molecule has 0 saturated heterocycles. The van der Waals surface area contributed by atoms with Crippen LogP contribution in [0.25, 0.3) is 5.57 Å². The molecule has 130 valence electrons. The summed E-state index contributed by atoms with van der Waals surface area (Å²) in [6.45, 7) is 5.19. The number of carbonyl (C=O) groups is 2. The van der Waals surface area contributed by atoms with Crippen molar-refractivity contribution < 1.29 is 23.1 Å². The summed E-state index contributed by atoms with van der Waals surface area (Å²) in [4.78, 5) is 23.9. The summed E-state index contributed by atoms with van der Waals surface area (Å²) in [6.07, 6.45) is 1.05. The lowest BCUT2D eigenvalue weighted by atomic mass is 10.0. The van der Waals surface area contributed by atoms with Gasteiger partial charge in [-0.25, -0.2) is 13.6 Å². The van der Waals surface area contributed by atoms with Gasteiger partial charge in [0.05, 0.1) is 0 Å². The molecule has 0 fully saturated rings. The molecule has 2 rings (SSSR count). The molecule has 0 aliphatic carbocycles. The molecule has 7 heteroatoms. The standard InChI is InChI=1S/C17H20F2N2O3/c1-17(2,3)24-16(23)21-13-8-7-10(9-20-15(13)22)11-5-4-6-12(18)14(11)19/h4-7,13H,8-9H2,1-3H3,(H,20,22)(H,21,23)/t13-/m0/s1. The van der Waals surface area contributed by atoms with Crippen LogP contribution < -0.4 is 10.6 Å². The first-order valence-corrected chi connectivity index (χ1v) is 7.58. The maximum absolute atomic E-state index is 13.9. The third-order valence-corrected chi connectivity index (χ3v) is 3.36. The zero-order valence-corrected chi connectivity index (χ0v) is 13.8. The van der Waals surface area contributed by atoms with E-state index in [2.05, 4.69) is 10.6 Å². The van der Waals surface area contributed by atoms with Crippen LogP contribution in [0.3, 0.4) is 0 Å². The molecule has 1 aliphatic heterocycles. The Morgan fingerprint density at radius 1 is 1.33 bits per heavy atom. The van der Waals surface area contributed by atoms with Crippen LogP contribution in [0.15, 0.2) is 24.3 Å². The molecule has 2 N–H and O–H groups in total. The highest BCUT2D eigenvalue weighted by Crippen LogP contribution is 2.22. The number of amides is 2. The number of rotatable bonds is 2. The van der Waals surface area contributed by atoms with Gasteiger partial charge in [-0.05, 0) is 38.8 Å². The van der Waals surface area contributed by atoms with Crippen molar-refractivity contribution in [3.05, 3.63) is 41.5 Å². The Kier molecular flexibility index (Phi) is 5.21. The van der Waals surface area contributed by atoms with Gasteiger partial charge in [0.25, 0.3) is 0 Å². The van der Waals surface area contributed by atoms with Crippen molar-refractivity contribution >= 4 is 17.6 Å². The van der Waals surface area contributed by atoms with Gasteiger partial charge in [-0.3, -0.25) is 4.79 Å². The highest BCUT2D eigenvalue weighted by atomic mass is 19.2. The SMILES string of the molecule is CC(C)(C)OC(=O)N[C@H]1CC=C(c2cccc(F)c2F)CNC1=O. The van der Waals surface area contributed by atoms with Crippen molar-refractivity contribution in [2.75, 3.05) is 6.54 Å². The Morgan fingerprint density at radius 3 is 2.71 bits per heavy atom. The number of benzene rings is 1. The van der Waals surface area contributed by atoms with E-state index in [1.165, 1.54) is 12.1 Å². The first kappa shape index (κ1) is 17.9. The molecule has 1 atom stereocenters. The third-order valence-electron chi connectivity index (χ3n) is 3.36. The molecular weight excluding hydrogens is 318 g/mol. The summed E-state index contributed by atoms with van der Waals surface area (Å²) in [5.41, 5.74) is -0.140. The molecule has 5 nitrogen and oxygen atoms in total. The van der Waals surface area contributed by atoms with Crippen molar-refractivity contribution in [3.8, 4) is 0 Å². The summed E-state index contributed by atoms with van der Waals surface area (Å²) >= 11 is 0. The fourth-order valence-corrected chi connectivity index (χ4v) is 2.28. The fraction of sp³-hybridized carbons (Fsp3) is 0.412. The highest BCUT2D eigenvalue weighted by Gasteiger charge is 2.26. The van der Waals surface area contributed by atoms with Crippen LogP contribution in [-0.4, -0.2) is 30.2 Å². The van der Waals surface area contributed by atoms with Gasteiger partial charge >= 0.3 is 6.09 Å². The van der Waals surface area contributed by atoms with E-state index in [1.807, 2.05) is 0 Å². The van der Waals surface area contributed by atoms with Gasteiger partial charge in [0.2, 0.25) is 5.91 Å². The van der Waals surface area contributed by atoms with E-state index in [-0.39, 0.29) is 18.5 Å². The number of ether oxygens (including phenoxy) is 1. The van der Waals surface area contributed by atoms with Crippen LogP contribution in [-0.2, 0) is 9.53 Å². The Morgan fingerprint density at radius 2 is 2.04 bits per heavy atom. The van der Waals surface area contributed by atoms with Crippen LogP contribution in [0.4, 0.5) is 13.6 Å². The molecule has 1 aromatic carbocycles. The second kappa shape index (κ2) is 6.98. The second-order valence-electron chi connectivity index (χ2n) is 6.48.